The second-order valence-electron chi connectivity index (χ2n) is 5.78. The van der Waals surface area contributed by atoms with Crippen molar-refractivity contribution in [3.8, 4) is 0 Å². The molecule has 24 heavy (non-hydrogen) atoms. The first kappa shape index (κ1) is 14.5. The van der Waals surface area contributed by atoms with Crippen LogP contribution in [0.15, 0.2) is 41.2 Å². The van der Waals surface area contributed by atoms with Crippen molar-refractivity contribution >= 4 is 28.5 Å². The molecule has 0 radical (unpaired) electrons. The van der Waals surface area contributed by atoms with Crippen molar-refractivity contribution in [1.82, 2.24) is 20.0 Å². The highest BCUT2D eigenvalue weighted by Gasteiger charge is 2.20. The quantitative estimate of drug-likeness (QED) is 0.758. The molecule has 0 saturated heterocycles. The summed E-state index contributed by atoms with van der Waals surface area (Å²) in [7, 11) is 0. The molecule has 0 spiro atoms. The van der Waals surface area contributed by atoms with Crippen LogP contribution in [0.1, 0.15) is 17.7 Å². The van der Waals surface area contributed by atoms with Crippen LogP contribution >= 0.6 is 0 Å². The molecule has 0 aromatic carbocycles. The number of pyridine rings is 1. The Morgan fingerprint density at radius 2 is 2.38 bits per heavy atom. The number of hydrogen-bond donors (Lipinski definition) is 2. The van der Waals surface area contributed by atoms with Gasteiger partial charge in [0, 0.05) is 42.5 Å². The van der Waals surface area contributed by atoms with Gasteiger partial charge in [-0.3, -0.25) is 5.32 Å². The van der Waals surface area contributed by atoms with Gasteiger partial charge < -0.3 is 14.4 Å². The number of aryl methyl sites for hydroxylation is 1. The highest BCUT2D eigenvalue weighted by molar-refractivity contribution is 5.92. The molecule has 0 atom stereocenters. The highest BCUT2D eigenvalue weighted by atomic mass is 16.5. The van der Waals surface area contributed by atoms with E-state index in [4.69, 9.17) is 4.52 Å². The number of rotatable bonds is 2. The van der Waals surface area contributed by atoms with Crippen LogP contribution in [0.5, 0.6) is 0 Å². The SMILES string of the molecule is Cc1cc(NC(=O)N2CC=C(c3c[nH]c4ncccc34)CC2)no1. The molecule has 3 aromatic rings. The van der Waals surface area contributed by atoms with Crippen LogP contribution in [0.4, 0.5) is 10.6 Å². The Labute approximate surface area is 138 Å². The first-order valence-electron chi connectivity index (χ1n) is 7.81. The molecule has 0 saturated carbocycles. The van der Waals surface area contributed by atoms with Crippen molar-refractivity contribution < 1.29 is 9.32 Å². The lowest BCUT2D eigenvalue weighted by molar-refractivity contribution is 0.216. The lowest BCUT2D eigenvalue weighted by Crippen LogP contribution is -2.37. The average molecular weight is 323 g/mol. The van der Waals surface area contributed by atoms with Gasteiger partial charge in [-0.05, 0) is 31.1 Å². The minimum absolute atomic E-state index is 0.167. The first-order chi connectivity index (χ1) is 11.7. The number of anilines is 1. The Morgan fingerprint density at radius 3 is 3.12 bits per heavy atom. The number of aromatic nitrogens is 3. The van der Waals surface area contributed by atoms with Gasteiger partial charge in [0.25, 0.3) is 0 Å². The number of amides is 2. The maximum atomic E-state index is 12.3. The Hall–Kier alpha value is -3.09. The number of fused-ring (bicyclic) bond motifs is 1. The number of hydrogen-bond acceptors (Lipinski definition) is 4. The largest absolute Gasteiger partial charge is 0.360 e. The molecule has 4 rings (SSSR count). The van der Waals surface area contributed by atoms with Gasteiger partial charge in [0.15, 0.2) is 5.82 Å². The summed E-state index contributed by atoms with van der Waals surface area (Å²) in [6.07, 6.45) is 6.65. The zero-order valence-corrected chi connectivity index (χ0v) is 13.2. The summed E-state index contributed by atoms with van der Waals surface area (Å²) in [6, 6.07) is 5.52. The first-order valence-corrected chi connectivity index (χ1v) is 7.81. The monoisotopic (exact) mass is 323 g/mol. The summed E-state index contributed by atoms with van der Waals surface area (Å²) < 4.78 is 4.96. The van der Waals surface area contributed by atoms with E-state index in [0.29, 0.717) is 24.7 Å². The topological polar surface area (TPSA) is 87.0 Å². The molecular formula is C17H17N5O2. The zero-order valence-electron chi connectivity index (χ0n) is 13.2. The minimum atomic E-state index is -0.167. The predicted molar refractivity (Wildman–Crippen MR) is 90.5 cm³/mol. The second kappa shape index (κ2) is 5.84. The third-order valence-electron chi connectivity index (χ3n) is 4.16. The van der Waals surface area contributed by atoms with Crippen LogP contribution in [0.3, 0.4) is 0 Å². The Balaban J connectivity index is 1.48. The van der Waals surface area contributed by atoms with Gasteiger partial charge in [-0.15, -0.1) is 0 Å². The zero-order chi connectivity index (χ0) is 16.5. The van der Waals surface area contributed by atoms with Crippen LogP contribution in [-0.4, -0.2) is 39.1 Å². The van der Waals surface area contributed by atoms with Gasteiger partial charge in [-0.1, -0.05) is 11.2 Å². The summed E-state index contributed by atoms with van der Waals surface area (Å²) >= 11 is 0. The summed E-state index contributed by atoms with van der Waals surface area (Å²) in [5, 5.41) is 7.64. The maximum absolute atomic E-state index is 12.3. The van der Waals surface area contributed by atoms with E-state index in [1.807, 2.05) is 12.3 Å². The summed E-state index contributed by atoms with van der Waals surface area (Å²) in [5.74, 6) is 1.11. The average Bonchev–Trinajstić information content (AvgIpc) is 3.21. The molecule has 2 amide bonds. The Bertz CT molecular complexity index is 924. The molecule has 1 aliphatic rings. The molecule has 3 aromatic heterocycles. The molecule has 0 fully saturated rings. The summed E-state index contributed by atoms with van der Waals surface area (Å²) in [6.45, 7) is 3.00. The summed E-state index contributed by atoms with van der Waals surface area (Å²) in [4.78, 5) is 21.5. The van der Waals surface area contributed by atoms with Gasteiger partial charge >= 0.3 is 6.03 Å². The number of urea groups is 1. The lowest BCUT2D eigenvalue weighted by Gasteiger charge is -2.26. The number of H-pyrrole nitrogens is 1. The van der Waals surface area contributed by atoms with E-state index in [2.05, 4.69) is 32.6 Å². The lowest BCUT2D eigenvalue weighted by atomic mass is 10.00. The molecule has 0 aliphatic carbocycles. The highest BCUT2D eigenvalue weighted by Crippen LogP contribution is 2.28. The molecule has 4 heterocycles. The van der Waals surface area contributed by atoms with Crippen LogP contribution < -0.4 is 5.32 Å². The van der Waals surface area contributed by atoms with Crippen molar-refractivity contribution in [3.05, 3.63) is 48.0 Å². The van der Waals surface area contributed by atoms with Crippen molar-refractivity contribution in [3.63, 3.8) is 0 Å². The van der Waals surface area contributed by atoms with Crippen LogP contribution in [0.25, 0.3) is 16.6 Å². The number of carbonyl (C=O) groups is 1. The third kappa shape index (κ3) is 2.64. The van der Waals surface area contributed by atoms with E-state index in [1.54, 1.807) is 24.1 Å². The molecule has 1 aliphatic heterocycles. The van der Waals surface area contributed by atoms with Gasteiger partial charge in [0.2, 0.25) is 0 Å². The molecule has 2 N–H and O–H groups in total. The van der Waals surface area contributed by atoms with Gasteiger partial charge in [-0.2, -0.15) is 0 Å². The minimum Gasteiger partial charge on any atom is -0.360 e. The number of aromatic amines is 1. The fourth-order valence-corrected chi connectivity index (χ4v) is 2.93. The van der Waals surface area contributed by atoms with Crippen LogP contribution in [-0.2, 0) is 0 Å². The van der Waals surface area contributed by atoms with Crippen molar-refractivity contribution in [2.24, 2.45) is 0 Å². The predicted octanol–water partition coefficient (Wildman–Crippen LogP) is 3.18. The van der Waals surface area contributed by atoms with E-state index >= 15 is 0 Å². The van der Waals surface area contributed by atoms with Gasteiger partial charge in [0.1, 0.15) is 11.4 Å². The third-order valence-corrected chi connectivity index (χ3v) is 4.16. The van der Waals surface area contributed by atoms with Crippen molar-refractivity contribution in [2.45, 2.75) is 13.3 Å². The molecule has 7 heteroatoms. The van der Waals surface area contributed by atoms with Crippen molar-refractivity contribution in [2.75, 3.05) is 18.4 Å². The van der Waals surface area contributed by atoms with E-state index in [0.717, 1.165) is 23.0 Å². The van der Waals surface area contributed by atoms with Gasteiger partial charge in [-0.25, -0.2) is 9.78 Å². The Morgan fingerprint density at radius 1 is 1.46 bits per heavy atom. The second-order valence-corrected chi connectivity index (χ2v) is 5.78. The normalized spacial score (nSPS) is 14.7. The molecule has 0 unspecified atom stereocenters. The molecule has 0 bridgehead atoms. The number of nitrogens with one attached hydrogen (secondary N) is 2. The maximum Gasteiger partial charge on any atom is 0.323 e. The van der Waals surface area contributed by atoms with Crippen molar-refractivity contribution in [1.29, 1.82) is 0 Å². The summed E-state index contributed by atoms with van der Waals surface area (Å²) in [5.41, 5.74) is 3.27. The van der Waals surface area contributed by atoms with E-state index in [-0.39, 0.29) is 6.03 Å². The molecular weight excluding hydrogens is 306 g/mol. The smallest absolute Gasteiger partial charge is 0.323 e. The van der Waals surface area contributed by atoms with E-state index in [1.165, 1.54) is 5.57 Å². The number of carbonyl (C=O) groups excluding carboxylic acids is 1. The number of nitrogens with zero attached hydrogens (tertiary/aromatic N) is 3. The fourth-order valence-electron chi connectivity index (χ4n) is 2.93. The fraction of sp³-hybridized carbons (Fsp3) is 0.235. The van der Waals surface area contributed by atoms with Crippen LogP contribution in [0.2, 0.25) is 0 Å². The molecule has 122 valence electrons. The van der Waals surface area contributed by atoms with Gasteiger partial charge in [0.05, 0.1) is 0 Å². The molecule has 7 nitrogen and oxygen atoms in total. The van der Waals surface area contributed by atoms with Crippen LogP contribution in [0, 0.1) is 6.92 Å². The Kier molecular flexibility index (Phi) is 3.53. The van der Waals surface area contributed by atoms with E-state index in [9.17, 15) is 4.79 Å². The standard InChI is InChI=1S/C17H17N5O2/c1-11-9-15(21-24-11)20-17(23)22-7-4-12(5-8-22)14-10-19-16-13(14)3-2-6-18-16/h2-4,6,9-10H,5,7-8H2,1H3,(H,18,19)(H,20,21,23). The van der Waals surface area contributed by atoms with E-state index < -0.39 is 0 Å².